The van der Waals surface area contributed by atoms with Gasteiger partial charge in [0.05, 0.1) is 6.10 Å². The summed E-state index contributed by atoms with van der Waals surface area (Å²) in [6.45, 7) is 7.32. The highest BCUT2D eigenvalue weighted by molar-refractivity contribution is 5.68. The molecule has 1 atom stereocenters. The van der Waals surface area contributed by atoms with Crippen LogP contribution in [0.5, 0.6) is 0 Å². The number of ether oxygens (including phenoxy) is 1. The molecule has 1 saturated carbocycles. The topological polar surface area (TPSA) is 70.6 Å². The van der Waals surface area contributed by atoms with Crippen LogP contribution in [0.15, 0.2) is 24.3 Å². The highest BCUT2D eigenvalue weighted by Gasteiger charge is 2.31. The number of amides is 1. The first-order valence-electron chi connectivity index (χ1n) is 7.77. The molecule has 0 radical (unpaired) electrons. The van der Waals surface area contributed by atoms with E-state index in [0.29, 0.717) is 6.04 Å². The van der Waals surface area contributed by atoms with Gasteiger partial charge in [0.2, 0.25) is 0 Å². The monoisotopic (exact) mass is 306 g/mol. The zero-order valence-corrected chi connectivity index (χ0v) is 13.7. The van der Waals surface area contributed by atoms with E-state index in [4.69, 9.17) is 4.74 Å². The molecule has 1 aromatic carbocycles. The lowest BCUT2D eigenvalue weighted by Crippen LogP contribution is -2.50. The minimum atomic E-state index is -0.468. The number of hydrogen-bond donors (Lipinski definition) is 3. The largest absolute Gasteiger partial charge is 0.444 e. The molecule has 1 unspecified atom stereocenters. The van der Waals surface area contributed by atoms with Gasteiger partial charge in [-0.1, -0.05) is 12.1 Å². The molecule has 1 fully saturated rings. The highest BCUT2D eigenvalue weighted by atomic mass is 16.6. The van der Waals surface area contributed by atoms with E-state index >= 15 is 0 Å². The van der Waals surface area contributed by atoms with Crippen molar-refractivity contribution >= 4 is 11.8 Å². The van der Waals surface area contributed by atoms with Crippen LogP contribution < -0.4 is 10.6 Å². The van der Waals surface area contributed by atoms with Crippen LogP contribution in [-0.4, -0.2) is 28.9 Å². The first-order valence-corrected chi connectivity index (χ1v) is 7.77. The maximum atomic E-state index is 11.7. The number of nitrogens with one attached hydrogen (secondary N) is 2. The second-order valence-electron chi connectivity index (χ2n) is 6.96. The number of rotatable bonds is 4. The Morgan fingerprint density at radius 1 is 1.32 bits per heavy atom. The maximum Gasteiger partial charge on any atom is 0.407 e. The van der Waals surface area contributed by atoms with Gasteiger partial charge in [-0.2, -0.15) is 0 Å². The summed E-state index contributed by atoms with van der Waals surface area (Å²) < 4.78 is 5.24. The standard InChI is InChI=1S/C17H26N2O3/c1-11(20)12-6-5-7-13(8-12)18-14-9-15(10-14)19-16(21)22-17(2,3)4/h5-8,11,14-15,18,20H,9-10H2,1-4H3,(H,19,21). The maximum absolute atomic E-state index is 11.7. The van der Waals surface area contributed by atoms with E-state index in [9.17, 15) is 9.90 Å². The van der Waals surface area contributed by atoms with Crippen molar-refractivity contribution in [2.75, 3.05) is 5.32 Å². The predicted octanol–water partition coefficient (Wildman–Crippen LogP) is 3.21. The van der Waals surface area contributed by atoms with Crippen molar-refractivity contribution in [1.29, 1.82) is 0 Å². The molecular formula is C17H26N2O3. The summed E-state index contributed by atoms with van der Waals surface area (Å²) in [5.41, 5.74) is 1.43. The SMILES string of the molecule is CC(O)c1cccc(NC2CC(NC(=O)OC(C)(C)C)C2)c1. The Morgan fingerprint density at radius 3 is 2.59 bits per heavy atom. The van der Waals surface area contributed by atoms with Gasteiger partial charge in [-0.25, -0.2) is 4.79 Å². The van der Waals surface area contributed by atoms with E-state index in [2.05, 4.69) is 10.6 Å². The average Bonchev–Trinajstić information content (AvgIpc) is 2.34. The molecule has 0 saturated heterocycles. The summed E-state index contributed by atoms with van der Waals surface area (Å²) in [5.74, 6) is 0. The molecule has 1 amide bonds. The molecule has 0 aliphatic heterocycles. The van der Waals surface area contributed by atoms with Crippen LogP contribution in [0.3, 0.4) is 0 Å². The van der Waals surface area contributed by atoms with E-state index in [1.54, 1.807) is 6.92 Å². The molecule has 1 aromatic rings. The number of benzene rings is 1. The minimum absolute atomic E-state index is 0.160. The first-order chi connectivity index (χ1) is 10.2. The molecule has 3 N–H and O–H groups in total. The van der Waals surface area contributed by atoms with Gasteiger partial charge in [-0.3, -0.25) is 0 Å². The molecule has 1 aliphatic carbocycles. The Labute approximate surface area is 132 Å². The summed E-state index contributed by atoms with van der Waals surface area (Å²) in [4.78, 5) is 11.7. The summed E-state index contributed by atoms with van der Waals surface area (Å²) in [7, 11) is 0. The fourth-order valence-corrected chi connectivity index (χ4v) is 2.45. The van der Waals surface area contributed by atoms with Gasteiger partial charge in [-0.05, 0) is 58.2 Å². The smallest absolute Gasteiger partial charge is 0.407 e. The van der Waals surface area contributed by atoms with Crippen LogP contribution in [0, 0.1) is 0 Å². The Bertz CT molecular complexity index is 517. The summed E-state index contributed by atoms with van der Waals surface area (Å²) in [5, 5.41) is 15.9. The molecule has 5 heteroatoms. The molecule has 1 aliphatic rings. The third-order valence-electron chi connectivity index (χ3n) is 3.60. The Hall–Kier alpha value is -1.75. The van der Waals surface area contributed by atoms with E-state index < -0.39 is 11.7 Å². The number of carbonyl (C=O) groups excluding carboxylic acids is 1. The second kappa shape index (κ2) is 6.57. The van der Waals surface area contributed by atoms with Crippen molar-refractivity contribution in [2.45, 2.75) is 64.3 Å². The van der Waals surface area contributed by atoms with Crippen LogP contribution in [0.25, 0.3) is 0 Å². The summed E-state index contributed by atoms with van der Waals surface area (Å²) in [6.07, 6.45) is 0.924. The summed E-state index contributed by atoms with van der Waals surface area (Å²) >= 11 is 0. The predicted molar refractivity (Wildman–Crippen MR) is 86.9 cm³/mol. The van der Waals surface area contributed by atoms with Crippen molar-refractivity contribution in [3.05, 3.63) is 29.8 Å². The van der Waals surface area contributed by atoms with Gasteiger partial charge < -0.3 is 20.5 Å². The zero-order valence-electron chi connectivity index (χ0n) is 13.7. The van der Waals surface area contributed by atoms with Crippen LogP contribution in [0.2, 0.25) is 0 Å². The van der Waals surface area contributed by atoms with E-state index in [0.717, 1.165) is 24.1 Å². The van der Waals surface area contributed by atoms with Crippen molar-refractivity contribution in [1.82, 2.24) is 5.32 Å². The quantitative estimate of drug-likeness (QED) is 0.799. The molecule has 0 heterocycles. The van der Waals surface area contributed by atoms with Crippen molar-refractivity contribution in [2.24, 2.45) is 0 Å². The van der Waals surface area contributed by atoms with Crippen LogP contribution in [-0.2, 0) is 4.74 Å². The molecule has 2 rings (SSSR count). The zero-order chi connectivity index (χ0) is 16.3. The van der Waals surface area contributed by atoms with Crippen molar-refractivity contribution in [3.63, 3.8) is 0 Å². The van der Waals surface area contributed by atoms with E-state index in [-0.39, 0.29) is 12.1 Å². The number of aliphatic hydroxyl groups is 1. The second-order valence-corrected chi connectivity index (χ2v) is 6.96. The van der Waals surface area contributed by atoms with Gasteiger partial charge in [0.25, 0.3) is 0 Å². The first kappa shape index (κ1) is 16.6. The molecule has 0 aromatic heterocycles. The fourth-order valence-electron chi connectivity index (χ4n) is 2.45. The third kappa shape index (κ3) is 4.91. The van der Waals surface area contributed by atoms with E-state index in [1.165, 1.54) is 0 Å². The number of anilines is 1. The number of hydrogen-bond acceptors (Lipinski definition) is 4. The van der Waals surface area contributed by atoms with Crippen LogP contribution >= 0.6 is 0 Å². The number of alkyl carbamates (subject to hydrolysis) is 1. The van der Waals surface area contributed by atoms with Gasteiger partial charge >= 0.3 is 6.09 Å². The Morgan fingerprint density at radius 2 is 2.00 bits per heavy atom. The summed E-state index contributed by atoms with van der Waals surface area (Å²) in [6, 6.07) is 8.28. The lowest BCUT2D eigenvalue weighted by Gasteiger charge is -2.37. The lowest BCUT2D eigenvalue weighted by molar-refractivity contribution is 0.0475. The van der Waals surface area contributed by atoms with Crippen LogP contribution in [0.4, 0.5) is 10.5 Å². The van der Waals surface area contributed by atoms with Crippen LogP contribution in [0.1, 0.15) is 52.2 Å². The average molecular weight is 306 g/mol. The highest BCUT2D eigenvalue weighted by Crippen LogP contribution is 2.26. The fraction of sp³-hybridized carbons (Fsp3) is 0.588. The van der Waals surface area contributed by atoms with E-state index in [1.807, 2.05) is 45.0 Å². The molecule has 0 bridgehead atoms. The van der Waals surface area contributed by atoms with Gasteiger partial charge in [0.15, 0.2) is 0 Å². The Balaban J connectivity index is 1.75. The molecule has 22 heavy (non-hydrogen) atoms. The van der Waals surface area contributed by atoms with Crippen molar-refractivity contribution < 1.29 is 14.6 Å². The van der Waals surface area contributed by atoms with Gasteiger partial charge in [-0.15, -0.1) is 0 Å². The third-order valence-corrected chi connectivity index (χ3v) is 3.60. The molecule has 0 spiro atoms. The Kier molecular flexibility index (Phi) is 4.96. The number of carbonyl (C=O) groups is 1. The van der Waals surface area contributed by atoms with Gasteiger partial charge in [0.1, 0.15) is 5.60 Å². The number of aliphatic hydroxyl groups excluding tert-OH is 1. The molecule has 122 valence electrons. The van der Waals surface area contributed by atoms with Gasteiger partial charge in [0, 0.05) is 17.8 Å². The minimum Gasteiger partial charge on any atom is -0.444 e. The molecular weight excluding hydrogens is 280 g/mol. The lowest BCUT2D eigenvalue weighted by atomic mass is 9.86. The van der Waals surface area contributed by atoms with Crippen molar-refractivity contribution in [3.8, 4) is 0 Å². The normalized spacial score (nSPS) is 22.4. The molecule has 5 nitrogen and oxygen atoms in total.